The van der Waals surface area contributed by atoms with Crippen molar-refractivity contribution in [3.8, 4) is 0 Å². The van der Waals surface area contributed by atoms with Gasteiger partial charge in [0.1, 0.15) is 0 Å². The third kappa shape index (κ3) is 4.04. The number of hydrogen-bond acceptors (Lipinski definition) is 3. The van der Waals surface area contributed by atoms with Crippen LogP contribution in [0.3, 0.4) is 0 Å². The minimum atomic E-state index is 0.0801. The second-order valence-electron chi connectivity index (χ2n) is 5.56. The Bertz CT molecular complexity index is 198. The highest BCUT2D eigenvalue weighted by atomic mass is 16.5. The highest BCUT2D eigenvalue weighted by Crippen LogP contribution is 2.27. The zero-order chi connectivity index (χ0) is 12.0. The smallest absolute Gasteiger partial charge is 0.0503 e. The molecule has 2 unspecified atom stereocenters. The molecule has 1 rings (SSSR count). The van der Waals surface area contributed by atoms with Crippen LogP contribution in [0.15, 0.2) is 0 Å². The van der Waals surface area contributed by atoms with E-state index in [0.29, 0.717) is 12.5 Å². The molecule has 1 aliphatic rings. The van der Waals surface area contributed by atoms with Crippen LogP contribution in [0.1, 0.15) is 33.1 Å². The predicted molar refractivity (Wildman–Crippen MR) is 66.5 cm³/mol. The van der Waals surface area contributed by atoms with Gasteiger partial charge in [-0.25, -0.2) is 0 Å². The van der Waals surface area contributed by atoms with Gasteiger partial charge in [-0.1, -0.05) is 20.3 Å². The van der Waals surface area contributed by atoms with Crippen molar-refractivity contribution in [2.45, 2.75) is 33.1 Å². The first kappa shape index (κ1) is 13.9. The number of likely N-dealkylation sites (tertiary alicyclic amines) is 1. The van der Waals surface area contributed by atoms with Crippen molar-refractivity contribution in [3.05, 3.63) is 0 Å². The van der Waals surface area contributed by atoms with Crippen molar-refractivity contribution < 1.29 is 9.84 Å². The summed E-state index contributed by atoms with van der Waals surface area (Å²) in [5.41, 5.74) is 0.0801. The highest BCUT2D eigenvalue weighted by molar-refractivity contribution is 4.82. The van der Waals surface area contributed by atoms with Crippen LogP contribution >= 0.6 is 0 Å². The second kappa shape index (κ2) is 6.58. The normalized spacial score (nSPS) is 25.9. The Kier molecular flexibility index (Phi) is 5.73. The molecule has 3 nitrogen and oxygen atoms in total. The standard InChI is InChI=1S/C13H27NO2/c1-4-6-13(2,11-15)10-14-7-5-12(8-14)9-16-3/h12,15H,4-11H2,1-3H3. The zero-order valence-corrected chi connectivity index (χ0v) is 11.0. The summed E-state index contributed by atoms with van der Waals surface area (Å²) < 4.78 is 5.20. The Morgan fingerprint density at radius 1 is 1.50 bits per heavy atom. The van der Waals surface area contributed by atoms with Crippen LogP contribution in [0.4, 0.5) is 0 Å². The molecule has 0 aromatic carbocycles. The number of methoxy groups -OCH3 is 1. The zero-order valence-electron chi connectivity index (χ0n) is 11.0. The molecular formula is C13H27NO2. The lowest BCUT2D eigenvalue weighted by Crippen LogP contribution is -2.37. The van der Waals surface area contributed by atoms with E-state index in [1.54, 1.807) is 7.11 Å². The molecule has 1 fully saturated rings. The molecule has 0 radical (unpaired) electrons. The lowest BCUT2D eigenvalue weighted by atomic mass is 9.86. The van der Waals surface area contributed by atoms with Gasteiger partial charge in [-0.05, 0) is 25.3 Å². The molecular weight excluding hydrogens is 202 g/mol. The summed E-state index contributed by atoms with van der Waals surface area (Å²) in [5.74, 6) is 0.689. The van der Waals surface area contributed by atoms with Gasteiger partial charge in [0.25, 0.3) is 0 Å². The fraction of sp³-hybridized carbons (Fsp3) is 1.00. The van der Waals surface area contributed by atoms with Crippen molar-refractivity contribution in [2.24, 2.45) is 11.3 Å². The molecule has 0 amide bonds. The van der Waals surface area contributed by atoms with Gasteiger partial charge < -0.3 is 14.7 Å². The molecule has 0 spiro atoms. The molecule has 0 bridgehead atoms. The average Bonchev–Trinajstić information content (AvgIpc) is 2.66. The van der Waals surface area contributed by atoms with Crippen LogP contribution in [-0.4, -0.2) is 50.0 Å². The van der Waals surface area contributed by atoms with E-state index in [9.17, 15) is 5.11 Å². The van der Waals surface area contributed by atoms with Gasteiger partial charge in [0, 0.05) is 32.2 Å². The SMILES string of the molecule is CCCC(C)(CO)CN1CCC(COC)C1. The maximum atomic E-state index is 9.49. The summed E-state index contributed by atoms with van der Waals surface area (Å²) in [7, 11) is 1.78. The van der Waals surface area contributed by atoms with Crippen LogP contribution in [0.5, 0.6) is 0 Å². The Balaban J connectivity index is 2.36. The van der Waals surface area contributed by atoms with E-state index >= 15 is 0 Å². The first-order valence-electron chi connectivity index (χ1n) is 6.45. The van der Waals surface area contributed by atoms with Crippen LogP contribution < -0.4 is 0 Å². The molecule has 1 saturated heterocycles. The molecule has 0 saturated carbocycles. The average molecular weight is 229 g/mol. The number of nitrogens with zero attached hydrogens (tertiary/aromatic N) is 1. The summed E-state index contributed by atoms with van der Waals surface area (Å²) in [6.07, 6.45) is 3.49. The van der Waals surface area contributed by atoms with Crippen molar-refractivity contribution in [1.29, 1.82) is 0 Å². The number of aliphatic hydroxyl groups is 1. The van der Waals surface area contributed by atoms with Gasteiger partial charge in [0.2, 0.25) is 0 Å². The van der Waals surface area contributed by atoms with Gasteiger partial charge in [-0.15, -0.1) is 0 Å². The minimum Gasteiger partial charge on any atom is -0.396 e. The summed E-state index contributed by atoms with van der Waals surface area (Å²) in [4.78, 5) is 2.48. The number of rotatable bonds is 7. The predicted octanol–water partition coefficient (Wildman–Crippen LogP) is 1.75. The Hall–Kier alpha value is -0.120. The van der Waals surface area contributed by atoms with Crippen molar-refractivity contribution in [2.75, 3.05) is 40.0 Å². The van der Waals surface area contributed by atoms with Crippen molar-refractivity contribution >= 4 is 0 Å². The van der Waals surface area contributed by atoms with Gasteiger partial charge in [0.05, 0.1) is 6.61 Å². The van der Waals surface area contributed by atoms with Crippen molar-refractivity contribution in [3.63, 3.8) is 0 Å². The first-order valence-corrected chi connectivity index (χ1v) is 6.45. The van der Waals surface area contributed by atoms with Crippen LogP contribution in [-0.2, 0) is 4.74 Å². The van der Waals surface area contributed by atoms with E-state index in [4.69, 9.17) is 4.74 Å². The van der Waals surface area contributed by atoms with E-state index in [2.05, 4.69) is 18.7 Å². The van der Waals surface area contributed by atoms with Gasteiger partial charge in [-0.3, -0.25) is 0 Å². The summed E-state index contributed by atoms with van der Waals surface area (Å²) >= 11 is 0. The van der Waals surface area contributed by atoms with E-state index in [0.717, 1.165) is 39.1 Å². The van der Waals surface area contributed by atoms with Gasteiger partial charge in [0.15, 0.2) is 0 Å². The fourth-order valence-electron chi connectivity index (χ4n) is 2.78. The molecule has 96 valence electrons. The van der Waals surface area contributed by atoms with E-state index in [1.165, 1.54) is 6.42 Å². The molecule has 0 aromatic rings. The quantitative estimate of drug-likeness (QED) is 0.722. The molecule has 1 N–H and O–H groups in total. The molecule has 0 aliphatic carbocycles. The molecule has 1 heterocycles. The molecule has 2 atom stereocenters. The van der Waals surface area contributed by atoms with E-state index < -0.39 is 0 Å². The fourth-order valence-corrected chi connectivity index (χ4v) is 2.78. The molecule has 0 aromatic heterocycles. The lowest BCUT2D eigenvalue weighted by molar-refractivity contribution is 0.0846. The van der Waals surface area contributed by atoms with Gasteiger partial charge in [-0.2, -0.15) is 0 Å². The van der Waals surface area contributed by atoms with Crippen LogP contribution in [0, 0.1) is 11.3 Å². The monoisotopic (exact) mass is 229 g/mol. The van der Waals surface area contributed by atoms with Crippen LogP contribution in [0.2, 0.25) is 0 Å². The third-order valence-electron chi connectivity index (χ3n) is 3.61. The van der Waals surface area contributed by atoms with Crippen molar-refractivity contribution in [1.82, 2.24) is 4.90 Å². The number of ether oxygens (including phenoxy) is 1. The topological polar surface area (TPSA) is 32.7 Å². The van der Waals surface area contributed by atoms with Gasteiger partial charge >= 0.3 is 0 Å². The maximum absolute atomic E-state index is 9.49. The summed E-state index contributed by atoms with van der Waals surface area (Å²) in [6.45, 7) is 8.87. The number of hydrogen-bond donors (Lipinski definition) is 1. The lowest BCUT2D eigenvalue weighted by Gasteiger charge is -2.32. The number of aliphatic hydroxyl groups excluding tert-OH is 1. The highest BCUT2D eigenvalue weighted by Gasteiger charge is 2.30. The minimum absolute atomic E-state index is 0.0801. The Labute approximate surface area is 99.8 Å². The second-order valence-corrected chi connectivity index (χ2v) is 5.56. The van der Waals surface area contributed by atoms with E-state index in [1.807, 2.05) is 0 Å². The maximum Gasteiger partial charge on any atom is 0.0503 e. The van der Waals surface area contributed by atoms with E-state index in [-0.39, 0.29) is 5.41 Å². The third-order valence-corrected chi connectivity index (χ3v) is 3.61. The van der Waals surface area contributed by atoms with Crippen LogP contribution in [0.25, 0.3) is 0 Å². The molecule has 1 aliphatic heterocycles. The Morgan fingerprint density at radius 2 is 2.25 bits per heavy atom. The largest absolute Gasteiger partial charge is 0.396 e. The summed E-state index contributed by atoms with van der Waals surface area (Å²) in [5, 5.41) is 9.49. The summed E-state index contributed by atoms with van der Waals surface area (Å²) in [6, 6.07) is 0. The first-order chi connectivity index (χ1) is 7.63. The molecule has 3 heteroatoms. The molecule has 16 heavy (non-hydrogen) atoms. The Morgan fingerprint density at radius 3 is 2.81 bits per heavy atom.